The molecule has 0 saturated carbocycles. The molecule has 0 aliphatic rings. The Labute approximate surface area is 147 Å². The van der Waals surface area contributed by atoms with Crippen molar-refractivity contribution in [3.05, 3.63) is 47.9 Å². The normalized spacial score (nSPS) is 10.9. The van der Waals surface area contributed by atoms with Crippen LogP contribution in [0.1, 0.15) is 22.8 Å². The Balaban J connectivity index is 2.07. The van der Waals surface area contributed by atoms with E-state index < -0.39 is 0 Å². The SMILES string of the molecule is CCc1ccc(C(=O)N(C)C)cc1N(C)c1cc2c(cn1)ncn2C. The van der Waals surface area contributed by atoms with Gasteiger partial charge in [0, 0.05) is 45.5 Å². The van der Waals surface area contributed by atoms with E-state index in [1.54, 1.807) is 31.5 Å². The van der Waals surface area contributed by atoms with Gasteiger partial charge in [0.25, 0.3) is 5.91 Å². The van der Waals surface area contributed by atoms with Gasteiger partial charge in [-0.25, -0.2) is 9.97 Å². The molecule has 0 bridgehead atoms. The molecule has 1 aromatic carbocycles. The fourth-order valence-electron chi connectivity index (χ4n) is 2.89. The monoisotopic (exact) mass is 337 g/mol. The summed E-state index contributed by atoms with van der Waals surface area (Å²) in [5.41, 5.74) is 4.72. The lowest BCUT2D eigenvalue weighted by molar-refractivity contribution is 0.0827. The maximum atomic E-state index is 12.3. The van der Waals surface area contributed by atoms with E-state index in [0.29, 0.717) is 5.56 Å². The summed E-state index contributed by atoms with van der Waals surface area (Å²) in [7, 11) is 7.46. The quantitative estimate of drug-likeness (QED) is 0.734. The Hall–Kier alpha value is -2.89. The number of hydrogen-bond donors (Lipinski definition) is 0. The Morgan fingerprint density at radius 2 is 1.92 bits per heavy atom. The number of carbonyl (C=O) groups excluding carboxylic acids is 1. The molecule has 2 aromatic heterocycles. The highest BCUT2D eigenvalue weighted by Crippen LogP contribution is 2.29. The number of anilines is 2. The fourth-order valence-corrected chi connectivity index (χ4v) is 2.89. The van der Waals surface area contributed by atoms with Gasteiger partial charge in [0.1, 0.15) is 11.3 Å². The zero-order chi connectivity index (χ0) is 18.1. The lowest BCUT2D eigenvalue weighted by atomic mass is 10.0. The van der Waals surface area contributed by atoms with Gasteiger partial charge in [0.2, 0.25) is 0 Å². The van der Waals surface area contributed by atoms with Crippen LogP contribution in [0.2, 0.25) is 0 Å². The van der Waals surface area contributed by atoms with Crippen molar-refractivity contribution < 1.29 is 4.79 Å². The molecule has 6 nitrogen and oxygen atoms in total. The predicted octanol–water partition coefficient (Wildman–Crippen LogP) is 3.00. The zero-order valence-electron chi connectivity index (χ0n) is 15.3. The lowest BCUT2D eigenvalue weighted by Gasteiger charge is -2.23. The minimum atomic E-state index is -0.00708. The number of fused-ring (bicyclic) bond motifs is 1. The maximum Gasteiger partial charge on any atom is 0.253 e. The van der Waals surface area contributed by atoms with Gasteiger partial charge in [-0.05, 0) is 24.1 Å². The molecule has 0 unspecified atom stereocenters. The van der Waals surface area contributed by atoms with Crippen molar-refractivity contribution in [2.45, 2.75) is 13.3 Å². The highest BCUT2D eigenvalue weighted by atomic mass is 16.2. The number of nitrogens with zero attached hydrogens (tertiary/aromatic N) is 5. The van der Waals surface area contributed by atoms with E-state index in [9.17, 15) is 4.79 Å². The number of aromatic nitrogens is 3. The van der Waals surface area contributed by atoms with E-state index in [4.69, 9.17) is 0 Å². The van der Waals surface area contributed by atoms with Gasteiger partial charge < -0.3 is 14.4 Å². The van der Waals surface area contributed by atoms with Gasteiger partial charge in [-0.15, -0.1) is 0 Å². The number of hydrogen-bond acceptors (Lipinski definition) is 4. The molecule has 1 amide bonds. The molecule has 0 saturated heterocycles. The molecule has 0 radical (unpaired) electrons. The third-order valence-corrected chi connectivity index (χ3v) is 4.42. The minimum absolute atomic E-state index is 0.00708. The number of benzene rings is 1. The molecule has 6 heteroatoms. The van der Waals surface area contributed by atoms with Crippen molar-refractivity contribution in [2.75, 3.05) is 26.0 Å². The number of pyridine rings is 1. The molecule has 0 fully saturated rings. The number of amides is 1. The van der Waals surface area contributed by atoms with Crippen LogP contribution in [0.5, 0.6) is 0 Å². The van der Waals surface area contributed by atoms with Gasteiger partial charge in [0.15, 0.2) is 0 Å². The molecular weight excluding hydrogens is 314 g/mol. The Kier molecular flexibility index (Phi) is 4.44. The molecule has 0 atom stereocenters. The fraction of sp³-hybridized carbons (Fsp3) is 0.316. The van der Waals surface area contributed by atoms with Crippen LogP contribution in [0, 0.1) is 0 Å². The van der Waals surface area contributed by atoms with Crippen LogP contribution in [-0.2, 0) is 13.5 Å². The summed E-state index contributed by atoms with van der Waals surface area (Å²) < 4.78 is 1.97. The Morgan fingerprint density at radius 3 is 2.60 bits per heavy atom. The molecule has 25 heavy (non-hydrogen) atoms. The van der Waals surface area contributed by atoms with Gasteiger partial charge in [-0.2, -0.15) is 0 Å². The van der Waals surface area contributed by atoms with Crippen molar-refractivity contribution in [1.29, 1.82) is 0 Å². The minimum Gasteiger partial charge on any atom is -0.345 e. The number of imidazole rings is 1. The van der Waals surface area contributed by atoms with E-state index in [1.165, 1.54) is 5.56 Å². The molecule has 2 heterocycles. The smallest absolute Gasteiger partial charge is 0.253 e. The maximum absolute atomic E-state index is 12.3. The predicted molar refractivity (Wildman–Crippen MR) is 100 cm³/mol. The second kappa shape index (κ2) is 6.55. The molecule has 0 aliphatic heterocycles. The zero-order valence-corrected chi connectivity index (χ0v) is 15.3. The van der Waals surface area contributed by atoms with E-state index in [-0.39, 0.29) is 5.91 Å². The second-order valence-electron chi connectivity index (χ2n) is 6.34. The highest BCUT2D eigenvalue weighted by molar-refractivity contribution is 5.95. The largest absolute Gasteiger partial charge is 0.345 e. The molecule has 130 valence electrons. The highest BCUT2D eigenvalue weighted by Gasteiger charge is 2.15. The van der Waals surface area contributed by atoms with Crippen molar-refractivity contribution in [3.8, 4) is 0 Å². The first kappa shape index (κ1) is 17.0. The average Bonchev–Trinajstić information content (AvgIpc) is 3.00. The van der Waals surface area contributed by atoms with Crippen LogP contribution in [0.25, 0.3) is 11.0 Å². The number of carbonyl (C=O) groups is 1. The molecule has 3 rings (SSSR count). The summed E-state index contributed by atoms with van der Waals surface area (Å²) in [5.74, 6) is 0.813. The van der Waals surface area contributed by atoms with E-state index in [2.05, 4.69) is 16.9 Å². The summed E-state index contributed by atoms with van der Waals surface area (Å²) in [6.07, 6.45) is 4.44. The average molecular weight is 337 g/mol. The van der Waals surface area contributed by atoms with Crippen molar-refractivity contribution >= 4 is 28.4 Å². The Morgan fingerprint density at radius 1 is 1.16 bits per heavy atom. The first-order valence-corrected chi connectivity index (χ1v) is 8.27. The van der Waals surface area contributed by atoms with Gasteiger partial charge in [-0.1, -0.05) is 13.0 Å². The van der Waals surface area contributed by atoms with Crippen LogP contribution >= 0.6 is 0 Å². The van der Waals surface area contributed by atoms with Crippen LogP contribution in [0.4, 0.5) is 11.5 Å². The first-order chi connectivity index (χ1) is 11.9. The van der Waals surface area contributed by atoms with Gasteiger partial charge >= 0.3 is 0 Å². The first-order valence-electron chi connectivity index (χ1n) is 8.27. The molecule has 3 aromatic rings. The van der Waals surface area contributed by atoms with Crippen LogP contribution in [0.15, 0.2) is 36.8 Å². The second-order valence-corrected chi connectivity index (χ2v) is 6.34. The molecule has 0 aliphatic carbocycles. The summed E-state index contributed by atoms with van der Waals surface area (Å²) in [6.45, 7) is 2.11. The molecular formula is C19H23N5O. The summed E-state index contributed by atoms with van der Waals surface area (Å²) in [5, 5.41) is 0. The van der Waals surface area contributed by atoms with Gasteiger partial charge in [-0.3, -0.25) is 4.79 Å². The standard InChI is InChI=1S/C19H23N5O/c1-6-13-7-8-14(19(25)22(2)3)9-16(13)24(5)18-10-17-15(11-20-18)21-12-23(17)4/h7-12H,6H2,1-5H3. The van der Waals surface area contributed by atoms with Crippen molar-refractivity contribution in [3.63, 3.8) is 0 Å². The van der Waals surface area contributed by atoms with E-state index >= 15 is 0 Å². The van der Waals surface area contributed by atoms with E-state index in [0.717, 1.165) is 29.0 Å². The van der Waals surface area contributed by atoms with Crippen LogP contribution in [-0.4, -0.2) is 46.5 Å². The van der Waals surface area contributed by atoms with Crippen molar-refractivity contribution in [1.82, 2.24) is 19.4 Å². The molecule has 0 spiro atoms. The summed E-state index contributed by atoms with van der Waals surface area (Å²) in [4.78, 5) is 24.8. The summed E-state index contributed by atoms with van der Waals surface area (Å²) >= 11 is 0. The number of rotatable bonds is 4. The van der Waals surface area contributed by atoms with Crippen LogP contribution in [0.3, 0.4) is 0 Å². The third kappa shape index (κ3) is 3.07. The number of aryl methyl sites for hydroxylation is 2. The summed E-state index contributed by atoms with van der Waals surface area (Å²) in [6, 6.07) is 7.86. The third-order valence-electron chi connectivity index (χ3n) is 4.42. The van der Waals surface area contributed by atoms with Crippen LogP contribution < -0.4 is 4.90 Å². The Bertz CT molecular complexity index is 929. The van der Waals surface area contributed by atoms with Gasteiger partial charge in [0.05, 0.1) is 18.0 Å². The lowest BCUT2D eigenvalue weighted by Crippen LogP contribution is -2.22. The van der Waals surface area contributed by atoms with Crippen molar-refractivity contribution in [2.24, 2.45) is 7.05 Å². The topological polar surface area (TPSA) is 54.3 Å². The van der Waals surface area contributed by atoms with E-state index in [1.807, 2.05) is 47.8 Å². The molecule has 0 N–H and O–H groups in total.